The maximum Gasteiger partial charge on any atom is 0.227 e. The third-order valence-corrected chi connectivity index (χ3v) is 5.84. The predicted octanol–water partition coefficient (Wildman–Crippen LogP) is 5.74. The number of para-hydroxylation sites is 1. The molecule has 0 spiro atoms. The number of benzene rings is 2. The van der Waals surface area contributed by atoms with Gasteiger partial charge in [-0.05, 0) is 61.9 Å². The first-order chi connectivity index (χ1) is 17.1. The number of furan rings is 1. The molecule has 4 aromatic rings. The molecule has 1 N–H and O–H groups in total. The fraction of sp³-hybridized carbons (Fsp3) is 0.321. The molecular formula is C28H33N3O4. The van der Waals surface area contributed by atoms with Gasteiger partial charge in [0.15, 0.2) is 0 Å². The Hall–Kier alpha value is -3.55. The first-order valence-electron chi connectivity index (χ1n) is 12.0. The number of aromatic nitrogens is 2. The maximum absolute atomic E-state index is 10.6. The Bertz CT molecular complexity index is 1170. The van der Waals surface area contributed by atoms with Crippen LogP contribution in [0.4, 0.5) is 0 Å². The third kappa shape index (κ3) is 6.32. The molecule has 0 amide bonds. The summed E-state index contributed by atoms with van der Waals surface area (Å²) in [6.07, 6.45) is 2.91. The zero-order chi connectivity index (χ0) is 24.6. The fourth-order valence-electron chi connectivity index (χ4n) is 4.08. The van der Waals surface area contributed by atoms with Gasteiger partial charge >= 0.3 is 0 Å². The highest BCUT2D eigenvalue weighted by molar-refractivity contribution is 5.44. The molecule has 1 atom stereocenters. The Kier molecular flexibility index (Phi) is 8.23. The molecule has 0 aliphatic heterocycles. The number of methoxy groups -OCH3 is 1. The van der Waals surface area contributed by atoms with Crippen molar-refractivity contribution in [2.45, 2.75) is 45.9 Å². The lowest BCUT2D eigenvalue weighted by atomic mass is 10.1. The van der Waals surface area contributed by atoms with Gasteiger partial charge in [-0.15, -0.1) is 0 Å². The molecule has 0 bridgehead atoms. The standard InChI is InChI=1S/C28H33N3O4/c1-4-9-23(32)18-30(19-26-12-8-17-34-26)20-27-21(2)29-31(22-10-6-5-7-11-22)28(27)35-25-15-13-24(33-3)14-16-25/h5-8,10-17,23,32H,4,9,18-20H2,1-3H3. The molecule has 2 heterocycles. The quantitative estimate of drug-likeness (QED) is 0.282. The average Bonchev–Trinajstić information content (AvgIpc) is 3.49. The molecule has 0 saturated carbocycles. The molecule has 0 radical (unpaired) electrons. The highest BCUT2D eigenvalue weighted by Crippen LogP contribution is 2.32. The van der Waals surface area contributed by atoms with Crippen molar-refractivity contribution in [3.05, 3.63) is 90.0 Å². The molecule has 0 fully saturated rings. The Balaban J connectivity index is 1.70. The summed E-state index contributed by atoms with van der Waals surface area (Å²) in [5, 5.41) is 15.4. The molecule has 1 unspecified atom stereocenters. The number of hydrogen-bond donors (Lipinski definition) is 1. The smallest absolute Gasteiger partial charge is 0.227 e. The van der Waals surface area contributed by atoms with Crippen LogP contribution in [-0.4, -0.2) is 39.5 Å². The predicted molar refractivity (Wildman–Crippen MR) is 135 cm³/mol. The molecule has 35 heavy (non-hydrogen) atoms. The Morgan fingerprint density at radius 3 is 2.40 bits per heavy atom. The van der Waals surface area contributed by atoms with Gasteiger partial charge < -0.3 is 19.0 Å². The van der Waals surface area contributed by atoms with Gasteiger partial charge in [-0.3, -0.25) is 4.90 Å². The van der Waals surface area contributed by atoms with Crippen LogP contribution in [0.3, 0.4) is 0 Å². The zero-order valence-electron chi connectivity index (χ0n) is 20.6. The number of nitrogens with zero attached hydrogens (tertiary/aromatic N) is 3. The summed E-state index contributed by atoms with van der Waals surface area (Å²) in [6, 6.07) is 21.3. The van der Waals surface area contributed by atoms with E-state index < -0.39 is 6.10 Å². The van der Waals surface area contributed by atoms with Gasteiger partial charge in [-0.1, -0.05) is 31.5 Å². The van der Waals surface area contributed by atoms with Crippen molar-refractivity contribution >= 4 is 0 Å². The van der Waals surface area contributed by atoms with E-state index in [0.29, 0.717) is 31.3 Å². The van der Waals surface area contributed by atoms with Gasteiger partial charge in [0.2, 0.25) is 5.88 Å². The largest absolute Gasteiger partial charge is 0.497 e. The minimum atomic E-state index is -0.426. The Morgan fingerprint density at radius 2 is 1.74 bits per heavy atom. The van der Waals surface area contributed by atoms with Crippen LogP contribution in [0.5, 0.6) is 17.4 Å². The number of hydrogen-bond acceptors (Lipinski definition) is 6. The van der Waals surface area contributed by atoms with Crippen LogP contribution >= 0.6 is 0 Å². The van der Waals surface area contributed by atoms with E-state index in [0.717, 1.165) is 41.3 Å². The van der Waals surface area contributed by atoms with Crippen LogP contribution < -0.4 is 9.47 Å². The maximum atomic E-state index is 10.6. The van der Waals surface area contributed by atoms with E-state index >= 15 is 0 Å². The molecule has 7 heteroatoms. The van der Waals surface area contributed by atoms with Crippen LogP contribution in [0.2, 0.25) is 0 Å². The highest BCUT2D eigenvalue weighted by atomic mass is 16.5. The lowest BCUT2D eigenvalue weighted by molar-refractivity contribution is 0.0927. The van der Waals surface area contributed by atoms with E-state index in [2.05, 4.69) is 11.8 Å². The van der Waals surface area contributed by atoms with Crippen molar-refractivity contribution < 1.29 is 19.0 Å². The molecular weight excluding hydrogens is 442 g/mol. The molecule has 2 aromatic carbocycles. The molecule has 4 rings (SSSR count). The van der Waals surface area contributed by atoms with E-state index in [4.69, 9.17) is 19.0 Å². The molecule has 184 valence electrons. The van der Waals surface area contributed by atoms with Crippen molar-refractivity contribution in [3.8, 4) is 23.1 Å². The van der Waals surface area contributed by atoms with Crippen molar-refractivity contribution in [1.29, 1.82) is 0 Å². The number of ether oxygens (including phenoxy) is 2. The number of aliphatic hydroxyl groups is 1. The number of rotatable bonds is 12. The van der Waals surface area contributed by atoms with Gasteiger partial charge in [-0.25, -0.2) is 4.68 Å². The second-order valence-electron chi connectivity index (χ2n) is 8.59. The Morgan fingerprint density at radius 1 is 1.00 bits per heavy atom. The molecule has 0 aliphatic carbocycles. The molecule has 2 aromatic heterocycles. The lowest BCUT2D eigenvalue weighted by Gasteiger charge is -2.24. The van der Waals surface area contributed by atoms with Gasteiger partial charge in [0.1, 0.15) is 17.3 Å². The monoisotopic (exact) mass is 475 g/mol. The van der Waals surface area contributed by atoms with Crippen molar-refractivity contribution in [3.63, 3.8) is 0 Å². The van der Waals surface area contributed by atoms with Crippen LogP contribution in [0.15, 0.2) is 77.4 Å². The first-order valence-corrected chi connectivity index (χ1v) is 12.0. The minimum absolute atomic E-state index is 0.426. The SMILES string of the molecule is CCCC(O)CN(Cc1ccco1)Cc1c(C)nn(-c2ccccc2)c1Oc1ccc(OC)cc1. The summed E-state index contributed by atoms with van der Waals surface area (Å²) < 4.78 is 19.2. The highest BCUT2D eigenvalue weighted by Gasteiger charge is 2.23. The third-order valence-electron chi connectivity index (χ3n) is 5.84. The van der Waals surface area contributed by atoms with Gasteiger partial charge in [0, 0.05) is 13.1 Å². The van der Waals surface area contributed by atoms with Crippen molar-refractivity contribution in [2.75, 3.05) is 13.7 Å². The van der Waals surface area contributed by atoms with Gasteiger partial charge in [0.05, 0.1) is 43.0 Å². The molecule has 0 aliphatic rings. The van der Waals surface area contributed by atoms with Crippen LogP contribution in [-0.2, 0) is 13.1 Å². The summed E-state index contributed by atoms with van der Waals surface area (Å²) in [6.45, 7) is 5.71. The summed E-state index contributed by atoms with van der Waals surface area (Å²) >= 11 is 0. The molecule has 0 saturated heterocycles. The summed E-state index contributed by atoms with van der Waals surface area (Å²) in [5.41, 5.74) is 2.74. The Labute approximate surface area is 206 Å². The summed E-state index contributed by atoms with van der Waals surface area (Å²) in [5.74, 6) is 2.94. The van der Waals surface area contributed by atoms with Crippen molar-refractivity contribution in [1.82, 2.24) is 14.7 Å². The van der Waals surface area contributed by atoms with E-state index in [1.807, 2.05) is 78.3 Å². The summed E-state index contributed by atoms with van der Waals surface area (Å²) in [4.78, 5) is 2.18. The van der Waals surface area contributed by atoms with E-state index in [-0.39, 0.29) is 0 Å². The lowest BCUT2D eigenvalue weighted by Crippen LogP contribution is -2.31. The van der Waals surface area contributed by atoms with Gasteiger partial charge in [0.25, 0.3) is 0 Å². The fourth-order valence-corrected chi connectivity index (χ4v) is 4.08. The minimum Gasteiger partial charge on any atom is -0.497 e. The number of aryl methyl sites for hydroxylation is 1. The second-order valence-corrected chi connectivity index (χ2v) is 8.59. The van der Waals surface area contributed by atoms with Crippen LogP contribution in [0.1, 0.15) is 36.8 Å². The average molecular weight is 476 g/mol. The number of aliphatic hydroxyl groups excluding tert-OH is 1. The van der Waals surface area contributed by atoms with Gasteiger partial charge in [-0.2, -0.15) is 5.10 Å². The van der Waals surface area contributed by atoms with Crippen LogP contribution in [0, 0.1) is 6.92 Å². The van der Waals surface area contributed by atoms with Crippen molar-refractivity contribution in [2.24, 2.45) is 0 Å². The first kappa shape index (κ1) is 24.6. The second kappa shape index (κ2) is 11.7. The topological polar surface area (TPSA) is 72.9 Å². The van der Waals surface area contributed by atoms with E-state index in [1.165, 1.54) is 0 Å². The summed E-state index contributed by atoms with van der Waals surface area (Å²) in [7, 11) is 1.64. The molecule has 7 nitrogen and oxygen atoms in total. The van der Waals surface area contributed by atoms with E-state index in [1.54, 1.807) is 13.4 Å². The van der Waals surface area contributed by atoms with Crippen LogP contribution in [0.25, 0.3) is 5.69 Å². The van der Waals surface area contributed by atoms with E-state index in [9.17, 15) is 5.11 Å². The zero-order valence-corrected chi connectivity index (χ0v) is 20.6. The normalized spacial score (nSPS) is 12.1.